The number of hydrogen-bond donors (Lipinski definition) is 1. The molecule has 6 nitrogen and oxygen atoms in total. The molecule has 0 amide bonds. The van der Waals surface area contributed by atoms with Crippen molar-refractivity contribution in [1.29, 1.82) is 0 Å². The summed E-state index contributed by atoms with van der Waals surface area (Å²) in [5.74, 6) is -0.968. The van der Waals surface area contributed by atoms with Gasteiger partial charge in [-0.15, -0.1) is 5.10 Å². The zero-order valence-electron chi connectivity index (χ0n) is 12.2. The van der Waals surface area contributed by atoms with Crippen LogP contribution in [0.2, 0.25) is 0 Å². The zero-order valence-corrected chi connectivity index (χ0v) is 12.2. The third-order valence-corrected chi connectivity index (χ3v) is 3.48. The highest BCUT2D eigenvalue weighted by atomic mass is 16.4. The first-order valence-corrected chi connectivity index (χ1v) is 6.75. The number of aryl methyl sites for hydroxylation is 2. The second-order valence-corrected chi connectivity index (χ2v) is 4.99. The van der Waals surface area contributed by atoms with E-state index in [0.717, 1.165) is 16.8 Å². The third kappa shape index (κ3) is 2.46. The van der Waals surface area contributed by atoms with Crippen LogP contribution in [0.15, 0.2) is 42.7 Å². The molecular formula is C16H14N4O2. The van der Waals surface area contributed by atoms with Crippen LogP contribution >= 0.6 is 0 Å². The lowest BCUT2D eigenvalue weighted by molar-refractivity contribution is 0.0697. The Kier molecular flexibility index (Phi) is 3.42. The predicted molar refractivity (Wildman–Crippen MR) is 81.0 cm³/mol. The van der Waals surface area contributed by atoms with Gasteiger partial charge in [-0.3, -0.25) is 4.98 Å². The molecule has 0 aliphatic rings. The highest BCUT2D eigenvalue weighted by molar-refractivity contribution is 5.88. The first-order valence-electron chi connectivity index (χ1n) is 6.75. The van der Waals surface area contributed by atoms with Gasteiger partial charge in [-0.1, -0.05) is 11.3 Å². The van der Waals surface area contributed by atoms with Gasteiger partial charge in [-0.2, -0.15) is 0 Å². The zero-order chi connectivity index (χ0) is 15.7. The minimum atomic E-state index is -0.968. The van der Waals surface area contributed by atoms with Crippen molar-refractivity contribution in [3.05, 3.63) is 59.5 Å². The van der Waals surface area contributed by atoms with Crippen LogP contribution in [0.4, 0.5) is 0 Å². The molecule has 3 rings (SSSR count). The van der Waals surface area contributed by atoms with Gasteiger partial charge in [-0.25, -0.2) is 9.48 Å². The molecule has 1 aromatic carbocycles. The van der Waals surface area contributed by atoms with Crippen LogP contribution in [-0.2, 0) is 0 Å². The van der Waals surface area contributed by atoms with Crippen molar-refractivity contribution >= 4 is 5.97 Å². The first-order chi connectivity index (χ1) is 10.6. The molecule has 0 unspecified atom stereocenters. The lowest BCUT2D eigenvalue weighted by Crippen LogP contribution is -2.02. The monoisotopic (exact) mass is 294 g/mol. The molecule has 22 heavy (non-hydrogen) atoms. The van der Waals surface area contributed by atoms with Crippen LogP contribution in [-0.4, -0.2) is 31.1 Å². The Hall–Kier alpha value is -3.02. The Morgan fingerprint density at radius 1 is 1.23 bits per heavy atom. The molecule has 0 spiro atoms. The van der Waals surface area contributed by atoms with Crippen LogP contribution in [0.1, 0.15) is 21.6 Å². The number of rotatable bonds is 3. The summed E-state index contributed by atoms with van der Waals surface area (Å²) in [5, 5.41) is 17.4. The number of nitrogens with zero attached hydrogens (tertiary/aromatic N) is 4. The lowest BCUT2D eigenvalue weighted by Gasteiger charge is -2.06. The SMILES string of the molecule is Cc1ccc(C(=O)O)cc1-n1cc(-c2cccnc2C)nn1. The Morgan fingerprint density at radius 3 is 2.77 bits per heavy atom. The van der Waals surface area contributed by atoms with Gasteiger partial charge in [-0.05, 0) is 43.7 Å². The maximum atomic E-state index is 11.1. The van der Waals surface area contributed by atoms with Gasteiger partial charge in [0.25, 0.3) is 0 Å². The van der Waals surface area contributed by atoms with Gasteiger partial charge in [0.05, 0.1) is 17.4 Å². The number of carboxylic acid groups (broad SMARTS) is 1. The second kappa shape index (κ2) is 5.40. The number of hydrogen-bond acceptors (Lipinski definition) is 4. The van der Waals surface area contributed by atoms with Crippen molar-refractivity contribution in [2.75, 3.05) is 0 Å². The highest BCUT2D eigenvalue weighted by Crippen LogP contribution is 2.21. The largest absolute Gasteiger partial charge is 0.478 e. The summed E-state index contributed by atoms with van der Waals surface area (Å²) in [5.41, 5.74) is 4.30. The fraction of sp³-hybridized carbons (Fsp3) is 0.125. The molecule has 6 heteroatoms. The fourth-order valence-corrected chi connectivity index (χ4v) is 2.25. The number of benzene rings is 1. The number of pyridine rings is 1. The summed E-state index contributed by atoms with van der Waals surface area (Å²) in [4.78, 5) is 15.4. The molecular weight excluding hydrogens is 280 g/mol. The number of aromatic nitrogens is 4. The van der Waals surface area contributed by atoms with E-state index in [2.05, 4.69) is 15.3 Å². The van der Waals surface area contributed by atoms with E-state index in [1.807, 2.05) is 26.0 Å². The summed E-state index contributed by atoms with van der Waals surface area (Å²) in [6.45, 7) is 3.81. The van der Waals surface area contributed by atoms with Crippen LogP contribution in [0.5, 0.6) is 0 Å². The molecule has 0 fully saturated rings. The minimum Gasteiger partial charge on any atom is -0.478 e. The van der Waals surface area contributed by atoms with Crippen LogP contribution < -0.4 is 0 Å². The van der Waals surface area contributed by atoms with E-state index in [4.69, 9.17) is 5.11 Å². The first kappa shape index (κ1) is 13.9. The summed E-state index contributed by atoms with van der Waals surface area (Å²) in [6, 6.07) is 8.70. The third-order valence-electron chi connectivity index (χ3n) is 3.48. The van der Waals surface area contributed by atoms with E-state index in [-0.39, 0.29) is 5.56 Å². The topological polar surface area (TPSA) is 80.9 Å². The minimum absolute atomic E-state index is 0.218. The maximum absolute atomic E-state index is 11.1. The summed E-state index contributed by atoms with van der Waals surface area (Å²) in [6.07, 6.45) is 3.50. The Balaban J connectivity index is 2.06. The second-order valence-electron chi connectivity index (χ2n) is 4.99. The molecule has 1 N–H and O–H groups in total. The van der Waals surface area contributed by atoms with E-state index >= 15 is 0 Å². The van der Waals surface area contributed by atoms with Crippen molar-refractivity contribution in [1.82, 2.24) is 20.0 Å². The molecule has 0 bridgehead atoms. The van der Waals surface area contributed by atoms with Crippen molar-refractivity contribution in [3.8, 4) is 16.9 Å². The quantitative estimate of drug-likeness (QED) is 0.803. The van der Waals surface area contributed by atoms with Gasteiger partial charge < -0.3 is 5.11 Å². The van der Waals surface area contributed by atoms with Crippen LogP contribution in [0, 0.1) is 13.8 Å². The van der Waals surface area contributed by atoms with E-state index < -0.39 is 5.97 Å². The molecule has 2 heterocycles. The number of aromatic carboxylic acids is 1. The number of carboxylic acids is 1. The average Bonchev–Trinajstić information content (AvgIpc) is 2.97. The van der Waals surface area contributed by atoms with Crippen molar-refractivity contribution in [2.24, 2.45) is 0 Å². The molecule has 3 aromatic rings. The normalized spacial score (nSPS) is 10.6. The molecule has 0 aliphatic heterocycles. The Morgan fingerprint density at radius 2 is 2.05 bits per heavy atom. The Bertz CT molecular complexity index is 855. The van der Waals surface area contributed by atoms with Gasteiger partial charge in [0.1, 0.15) is 5.69 Å². The summed E-state index contributed by atoms with van der Waals surface area (Å²) >= 11 is 0. The van der Waals surface area contributed by atoms with Crippen LogP contribution in [0.3, 0.4) is 0 Å². The average molecular weight is 294 g/mol. The van der Waals surface area contributed by atoms with Crippen molar-refractivity contribution in [3.63, 3.8) is 0 Å². The van der Waals surface area contributed by atoms with Crippen LogP contribution in [0.25, 0.3) is 16.9 Å². The van der Waals surface area contributed by atoms with Gasteiger partial charge in [0, 0.05) is 17.5 Å². The van der Waals surface area contributed by atoms with E-state index in [9.17, 15) is 4.79 Å². The smallest absolute Gasteiger partial charge is 0.335 e. The molecule has 0 saturated heterocycles. The standard InChI is InChI=1S/C16H14N4O2/c1-10-5-6-12(16(21)22)8-15(10)20-9-14(18-19-20)13-4-3-7-17-11(13)2/h3-9H,1-2H3,(H,21,22). The molecule has 2 aromatic heterocycles. The molecule has 110 valence electrons. The summed E-state index contributed by atoms with van der Waals surface area (Å²) < 4.78 is 1.59. The van der Waals surface area contributed by atoms with E-state index in [1.54, 1.807) is 35.3 Å². The number of carbonyl (C=O) groups is 1. The molecule has 0 aliphatic carbocycles. The predicted octanol–water partition coefficient (Wildman–Crippen LogP) is 2.64. The molecule has 0 atom stereocenters. The van der Waals surface area contributed by atoms with Crippen molar-refractivity contribution < 1.29 is 9.90 Å². The molecule has 0 saturated carbocycles. The summed E-state index contributed by atoms with van der Waals surface area (Å²) in [7, 11) is 0. The highest BCUT2D eigenvalue weighted by Gasteiger charge is 2.12. The van der Waals surface area contributed by atoms with Gasteiger partial charge >= 0.3 is 5.97 Å². The Labute approximate surface area is 127 Å². The van der Waals surface area contributed by atoms with Gasteiger partial charge in [0.2, 0.25) is 0 Å². The fourth-order valence-electron chi connectivity index (χ4n) is 2.25. The van der Waals surface area contributed by atoms with E-state index in [1.165, 1.54) is 0 Å². The van der Waals surface area contributed by atoms with E-state index in [0.29, 0.717) is 11.4 Å². The van der Waals surface area contributed by atoms with Crippen molar-refractivity contribution in [2.45, 2.75) is 13.8 Å². The molecule has 0 radical (unpaired) electrons. The van der Waals surface area contributed by atoms with Gasteiger partial charge in [0.15, 0.2) is 0 Å². The maximum Gasteiger partial charge on any atom is 0.335 e. The lowest BCUT2D eigenvalue weighted by atomic mass is 10.1.